The molecule has 1 N–H and O–H groups in total. The Morgan fingerprint density at radius 3 is 2.55 bits per heavy atom. The van der Waals surface area contributed by atoms with Gasteiger partial charge in [0.1, 0.15) is 0 Å². The van der Waals surface area contributed by atoms with Gasteiger partial charge in [-0.05, 0) is 43.2 Å². The molecule has 22 heavy (non-hydrogen) atoms. The summed E-state index contributed by atoms with van der Waals surface area (Å²) in [5.74, 6) is 0.0454. The van der Waals surface area contributed by atoms with Crippen molar-refractivity contribution >= 4 is 16.8 Å². The van der Waals surface area contributed by atoms with Gasteiger partial charge in [-0.25, -0.2) is 0 Å². The third-order valence-corrected chi connectivity index (χ3v) is 4.16. The average molecular weight is 292 g/mol. The highest BCUT2D eigenvalue weighted by Crippen LogP contribution is 2.23. The first-order valence-electron chi connectivity index (χ1n) is 7.44. The number of H-pyrrole nitrogens is 1. The minimum atomic E-state index is 0.0454. The second-order valence-corrected chi connectivity index (χ2v) is 5.78. The van der Waals surface area contributed by atoms with Gasteiger partial charge in [-0.1, -0.05) is 30.3 Å². The van der Waals surface area contributed by atoms with Crippen LogP contribution in [-0.4, -0.2) is 22.8 Å². The number of aromatic nitrogens is 1. The monoisotopic (exact) mass is 292 g/mol. The van der Waals surface area contributed by atoms with Crippen LogP contribution in [-0.2, 0) is 6.54 Å². The molecule has 3 aromatic rings. The molecule has 3 rings (SSSR count). The highest BCUT2D eigenvalue weighted by atomic mass is 16.2. The quantitative estimate of drug-likeness (QED) is 0.776. The zero-order chi connectivity index (χ0) is 15.7. The lowest BCUT2D eigenvalue weighted by atomic mass is 10.1. The number of fused-ring (bicyclic) bond motifs is 1. The Balaban J connectivity index is 1.86. The van der Waals surface area contributed by atoms with Crippen LogP contribution < -0.4 is 0 Å². The smallest absolute Gasteiger partial charge is 0.253 e. The number of carbonyl (C=O) groups is 1. The lowest BCUT2D eigenvalue weighted by Gasteiger charge is -2.17. The van der Waals surface area contributed by atoms with Gasteiger partial charge < -0.3 is 9.88 Å². The Kier molecular flexibility index (Phi) is 3.72. The van der Waals surface area contributed by atoms with Crippen molar-refractivity contribution < 1.29 is 4.79 Å². The van der Waals surface area contributed by atoms with E-state index in [1.54, 1.807) is 4.90 Å². The molecule has 0 spiro atoms. The minimum Gasteiger partial charge on any atom is -0.358 e. The summed E-state index contributed by atoms with van der Waals surface area (Å²) >= 11 is 0. The van der Waals surface area contributed by atoms with Crippen molar-refractivity contribution in [2.24, 2.45) is 0 Å². The number of benzene rings is 2. The number of rotatable bonds is 3. The number of hydrogen-bond acceptors (Lipinski definition) is 1. The van der Waals surface area contributed by atoms with Gasteiger partial charge in [0.15, 0.2) is 0 Å². The van der Waals surface area contributed by atoms with E-state index in [-0.39, 0.29) is 5.91 Å². The summed E-state index contributed by atoms with van der Waals surface area (Å²) in [5.41, 5.74) is 5.30. The third-order valence-electron chi connectivity index (χ3n) is 4.16. The van der Waals surface area contributed by atoms with Crippen LogP contribution >= 0.6 is 0 Å². The molecule has 0 atom stereocenters. The summed E-state index contributed by atoms with van der Waals surface area (Å²) in [4.78, 5) is 17.7. The summed E-state index contributed by atoms with van der Waals surface area (Å²) < 4.78 is 0. The van der Waals surface area contributed by atoms with Crippen LogP contribution in [0, 0.1) is 13.8 Å². The highest BCUT2D eigenvalue weighted by molar-refractivity contribution is 5.98. The van der Waals surface area contributed by atoms with Gasteiger partial charge in [0, 0.05) is 35.8 Å². The number of aromatic amines is 1. The second-order valence-electron chi connectivity index (χ2n) is 5.78. The number of hydrogen-bond donors (Lipinski definition) is 1. The molecule has 0 saturated heterocycles. The summed E-state index contributed by atoms with van der Waals surface area (Å²) in [7, 11) is 1.84. The van der Waals surface area contributed by atoms with Crippen molar-refractivity contribution in [1.82, 2.24) is 9.88 Å². The number of nitrogens with one attached hydrogen (secondary N) is 1. The SMILES string of the molecule is Cc1[nH]c2ccc(C(=O)N(C)Cc3ccccc3)cc2c1C. The maximum atomic E-state index is 12.6. The first kappa shape index (κ1) is 14.4. The molecule has 0 radical (unpaired) electrons. The number of aryl methyl sites for hydroxylation is 2. The Labute approximate surface area is 130 Å². The molecular formula is C19H20N2O. The summed E-state index contributed by atoms with van der Waals surface area (Å²) in [6, 6.07) is 15.9. The van der Waals surface area contributed by atoms with Crippen LogP contribution in [0.4, 0.5) is 0 Å². The van der Waals surface area contributed by atoms with Gasteiger partial charge in [0.05, 0.1) is 0 Å². The largest absolute Gasteiger partial charge is 0.358 e. The zero-order valence-corrected chi connectivity index (χ0v) is 13.2. The first-order chi connectivity index (χ1) is 10.6. The van der Waals surface area contributed by atoms with Crippen LogP contribution in [0.15, 0.2) is 48.5 Å². The van der Waals surface area contributed by atoms with Crippen molar-refractivity contribution in [2.75, 3.05) is 7.05 Å². The van der Waals surface area contributed by atoms with Gasteiger partial charge in [-0.3, -0.25) is 4.79 Å². The van der Waals surface area contributed by atoms with Gasteiger partial charge in [-0.15, -0.1) is 0 Å². The molecule has 0 aliphatic rings. The Bertz CT molecular complexity index is 818. The van der Waals surface area contributed by atoms with Crippen molar-refractivity contribution in [1.29, 1.82) is 0 Å². The van der Waals surface area contributed by atoms with Gasteiger partial charge >= 0.3 is 0 Å². The van der Waals surface area contributed by atoms with Crippen molar-refractivity contribution in [3.8, 4) is 0 Å². The van der Waals surface area contributed by atoms with Crippen LogP contribution in [0.3, 0.4) is 0 Å². The van der Waals surface area contributed by atoms with E-state index in [4.69, 9.17) is 0 Å². The Morgan fingerprint density at radius 2 is 1.82 bits per heavy atom. The molecule has 3 heteroatoms. The van der Waals surface area contributed by atoms with Gasteiger partial charge in [-0.2, -0.15) is 0 Å². The van der Waals surface area contributed by atoms with E-state index in [9.17, 15) is 4.79 Å². The van der Waals surface area contributed by atoms with Crippen LogP contribution in [0.5, 0.6) is 0 Å². The topological polar surface area (TPSA) is 36.1 Å². The number of amides is 1. The fourth-order valence-electron chi connectivity index (χ4n) is 2.74. The fourth-order valence-corrected chi connectivity index (χ4v) is 2.74. The minimum absolute atomic E-state index is 0.0454. The van der Waals surface area contributed by atoms with Crippen molar-refractivity contribution in [3.05, 3.63) is 70.9 Å². The van der Waals surface area contributed by atoms with E-state index in [0.29, 0.717) is 6.54 Å². The van der Waals surface area contributed by atoms with Gasteiger partial charge in [0.25, 0.3) is 5.91 Å². The zero-order valence-electron chi connectivity index (χ0n) is 13.2. The molecule has 0 fully saturated rings. The van der Waals surface area contributed by atoms with E-state index < -0.39 is 0 Å². The maximum Gasteiger partial charge on any atom is 0.253 e. The van der Waals surface area contributed by atoms with Crippen LogP contribution in [0.1, 0.15) is 27.2 Å². The number of nitrogens with zero attached hydrogens (tertiary/aromatic N) is 1. The molecule has 0 unspecified atom stereocenters. The molecule has 1 heterocycles. The van der Waals surface area contributed by atoms with E-state index in [0.717, 1.165) is 27.7 Å². The lowest BCUT2D eigenvalue weighted by Crippen LogP contribution is -2.26. The molecule has 1 amide bonds. The molecule has 112 valence electrons. The Hall–Kier alpha value is -2.55. The molecule has 0 bridgehead atoms. The molecule has 2 aromatic carbocycles. The predicted molar refractivity (Wildman–Crippen MR) is 90.0 cm³/mol. The van der Waals surface area contributed by atoms with Crippen LogP contribution in [0.25, 0.3) is 10.9 Å². The van der Waals surface area contributed by atoms with Crippen LogP contribution in [0.2, 0.25) is 0 Å². The lowest BCUT2D eigenvalue weighted by molar-refractivity contribution is 0.0785. The normalized spacial score (nSPS) is 10.9. The van der Waals surface area contributed by atoms with E-state index in [1.807, 2.05) is 55.6 Å². The summed E-state index contributed by atoms with van der Waals surface area (Å²) in [6.07, 6.45) is 0. The van der Waals surface area contributed by atoms with E-state index in [1.165, 1.54) is 5.56 Å². The maximum absolute atomic E-state index is 12.6. The molecular weight excluding hydrogens is 272 g/mol. The fraction of sp³-hybridized carbons (Fsp3) is 0.211. The van der Waals surface area contributed by atoms with Crippen molar-refractivity contribution in [3.63, 3.8) is 0 Å². The summed E-state index contributed by atoms with van der Waals surface area (Å²) in [6.45, 7) is 4.75. The van der Waals surface area contributed by atoms with E-state index in [2.05, 4.69) is 18.8 Å². The highest BCUT2D eigenvalue weighted by Gasteiger charge is 2.14. The summed E-state index contributed by atoms with van der Waals surface area (Å²) in [5, 5.41) is 1.12. The molecule has 0 aliphatic heterocycles. The van der Waals surface area contributed by atoms with E-state index >= 15 is 0 Å². The standard InChI is InChI=1S/C19H20N2O/c1-13-14(2)20-18-10-9-16(11-17(13)18)19(22)21(3)12-15-7-5-4-6-8-15/h4-11,20H,12H2,1-3H3. The average Bonchev–Trinajstić information content (AvgIpc) is 2.82. The molecule has 1 aromatic heterocycles. The molecule has 0 aliphatic carbocycles. The predicted octanol–water partition coefficient (Wildman–Crippen LogP) is 4.06. The van der Waals surface area contributed by atoms with Gasteiger partial charge in [0.2, 0.25) is 0 Å². The third kappa shape index (κ3) is 2.62. The number of carbonyl (C=O) groups excluding carboxylic acids is 1. The van der Waals surface area contributed by atoms with Crippen molar-refractivity contribution in [2.45, 2.75) is 20.4 Å². The molecule has 0 saturated carbocycles. The first-order valence-corrected chi connectivity index (χ1v) is 7.44. The Morgan fingerprint density at radius 1 is 1.09 bits per heavy atom. The second kappa shape index (κ2) is 5.68. The molecule has 3 nitrogen and oxygen atoms in total.